The van der Waals surface area contributed by atoms with E-state index in [0.717, 1.165) is 32.8 Å². The van der Waals surface area contributed by atoms with Crippen LogP contribution in [-0.4, -0.2) is 68.3 Å². The molecule has 0 radical (unpaired) electrons. The highest BCUT2D eigenvalue weighted by molar-refractivity contribution is 4.95. The number of hydrogen-bond donors (Lipinski definition) is 1. The van der Waals surface area contributed by atoms with Crippen LogP contribution in [0.15, 0.2) is 0 Å². The highest BCUT2D eigenvalue weighted by Crippen LogP contribution is 2.23. The summed E-state index contributed by atoms with van der Waals surface area (Å²) < 4.78 is 5.16. The Morgan fingerprint density at radius 2 is 2.13 bits per heavy atom. The van der Waals surface area contributed by atoms with Crippen LogP contribution in [0.1, 0.15) is 13.8 Å². The molecule has 1 heterocycles. The van der Waals surface area contributed by atoms with E-state index in [1.807, 2.05) is 0 Å². The van der Waals surface area contributed by atoms with Crippen molar-refractivity contribution in [3.63, 3.8) is 0 Å². The quantitative estimate of drug-likeness (QED) is 0.716. The van der Waals surface area contributed by atoms with Gasteiger partial charge in [-0.3, -0.25) is 4.90 Å². The molecule has 4 heteroatoms. The molecular formula is C11H25N3O. The number of nitrogens with zero attached hydrogens (tertiary/aromatic N) is 2. The SMILES string of the molecule is COCCN1C(CN)CN(C)CC1(C)C. The van der Waals surface area contributed by atoms with Crippen molar-refractivity contribution in [2.45, 2.75) is 25.4 Å². The van der Waals surface area contributed by atoms with Crippen molar-refractivity contribution in [2.24, 2.45) is 5.73 Å². The number of rotatable bonds is 4. The Morgan fingerprint density at radius 1 is 1.47 bits per heavy atom. The first-order valence-electron chi connectivity index (χ1n) is 5.65. The zero-order chi connectivity index (χ0) is 11.5. The van der Waals surface area contributed by atoms with Crippen molar-refractivity contribution in [2.75, 3.05) is 46.9 Å². The Bertz CT molecular complexity index is 196. The molecule has 1 saturated heterocycles. The molecule has 1 aliphatic rings. The predicted molar refractivity (Wildman–Crippen MR) is 63.0 cm³/mol. The third-order valence-electron chi connectivity index (χ3n) is 3.21. The first kappa shape index (κ1) is 12.9. The van der Waals surface area contributed by atoms with Gasteiger partial charge in [-0.15, -0.1) is 0 Å². The number of ether oxygens (including phenoxy) is 1. The van der Waals surface area contributed by atoms with E-state index in [1.165, 1.54) is 0 Å². The van der Waals surface area contributed by atoms with Crippen LogP contribution in [0.2, 0.25) is 0 Å². The fourth-order valence-corrected chi connectivity index (χ4v) is 2.65. The molecule has 15 heavy (non-hydrogen) atoms. The Hall–Kier alpha value is -0.160. The second kappa shape index (κ2) is 5.25. The topological polar surface area (TPSA) is 41.7 Å². The van der Waals surface area contributed by atoms with E-state index in [4.69, 9.17) is 10.5 Å². The van der Waals surface area contributed by atoms with Crippen molar-refractivity contribution >= 4 is 0 Å². The maximum Gasteiger partial charge on any atom is 0.0590 e. The highest BCUT2D eigenvalue weighted by Gasteiger charge is 2.37. The second-order valence-electron chi connectivity index (χ2n) is 5.08. The molecule has 1 rings (SSSR count). The summed E-state index contributed by atoms with van der Waals surface area (Å²) in [7, 11) is 3.92. The molecule has 0 aromatic rings. The normalized spacial score (nSPS) is 28.2. The Kier molecular flexibility index (Phi) is 4.52. The lowest BCUT2D eigenvalue weighted by Crippen LogP contribution is -2.65. The number of piperazine rings is 1. The highest BCUT2D eigenvalue weighted by atomic mass is 16.5. The van der Waals surface area contributed by atoms with Crippen molar-refractivity contribution in [3.05, 3.63) is 0 Å². The average molecular weight is 215 g/mol. The fourth-order valence-electron chi connectivity index (χ4n) is 2.65. The fraction of sp³-hybridized carbons (Fsp3) is 1.00. The van der Waals surface area contributed by atoms with Gasteiger partial charge in [-0.05, 0) is 20.9 Å². The molecule has 90 valence electrons. The van der Waals surface area contributed by atoms with Crippen molar-refractivity contribution in [3.8, 4) is 0 Å². The predicted octanol–water partition coefficient (Wildman–Crippen LogP) is -0.0139. The Morgan fingerprint density at radius 3 is 2.67 bits per heavy atom. The zero-order valence-electron chi connectivity index (χ0n) is 10.5. The molecule has 1 atom stereocenters. The van der Waals surface area contributed by atoms with Gasteiger partial charge in [0.2, 0.25) is 0 Å². The number of likely N-dealkylation sites (N-methyl/N-ethyl adjacent to an activating group) is 1. The smallest absolute Gasteiger partial charge is 0.0590 e. The molecule has 4 nitrogen and oxygen atoms in total. The van der Waals surface area contributed by atoms with Crippen LogP contribution in [0.4, 0.5) is 0 Å². The van der Waals surface area contributed by atoms with Gasteiger partial charge < -0.3 is 15.4 Å². The molecule has 0 spiro atoms. The largest absolute Gasteiger partial charge is 0.383 e. The standard InChI is InChI=1S/C11H25N3O/c1-11(2)9-13(3)8-10(7-12)14(11)5-6-15-4/h10H,5-9,12H2,1-4H3. The molecule has 1 unspecified atom stereocenters. The lowest BCUT2D eigenvalue weighted by atomic mass is 9.95. The van der Waals surface area contributed by atoms with E-state index in [0.29, 0.717) is 6.04 Å². The maximum absolute atomic E-state index is 5.84. The minimum Gasteiger partial charge on any atom is -0.383 e. The summed E-state index contributed by atoms with van der Waals surface area (Å²) in [6.07, 6.45) is 0. The summed E-state index contributed by atoms with van der Waals surface area (Å²) in [5, 5.41) is 0. The second-order valence-corrected chi connectivity index (χ2v) is 5.08. The van der Waals surface area contributed by atoms with E-state index in [1.54, 1.807) is 7.11 Å². The summed E-state index contributed by atoms with van der Waals surface area (Å²) in [6, 6.07) is 0.453. The summed E-state index contributed by atoms with van der Waals surface area (Å²) in [6.45, 7) is 9.18. The van der Waals surface area contributed by atoms with Crippen molar-refractivity contribution in [1.29, 1.82) is 0 Å². The van der Waals surface area contributed by atoms with E-state index >= 15 is 0 Å². The van der Waals surface area contributed by atoms with Gasteiger partial charge in [-0.25, -0.2) is 0 Å². The minimum absolute atomic E-state index is 0.190. The third kappa shape index (κ3) is 3.14. The zero-order valence-corrected chi connectivity index (χ0v) is 10.5. The average Bonchev–Trinajstić information content (AvgIpc) is 2.14. The molecule has 0 bridgehead atoms. The van der Waals surface area contributed by atoms with Crippen molar-refractivity contribution < 1.29 is 4.74 Å². The summed E-state index contributed by atoms with van der Waals surface area (Å²) in [5.41, 5.74) is 6.03. The summed E-state index contributed by atoms with van der Waals surface area (Å²) in [5.74, 6) is 0. The van der Waals surface area contributed by atoms with E-state index < -0.39 is 0 Å². The molecular weight excluding hydrogens is 190 g/mol. The Labute approximate surface area is 93.4 Å². The number of nitrogens with two attached hydrogens (primary N) is 1. The van der Waals surface area contributed by atoms with Crippen LogP contribution in [0, 0.1) is 0 Å². The molecule has 0 aromatic carbocycles. The van der Waals surface area contributed by atoms with Gasteiger partial charge in [-0.1, -0.05) is 0 Å². The van der Waals surface area contributed by atoms with Crippen LogP contribution < -0.4 is 5.73 Å². The first-order chi connectivity index (χ1) is 7.01. The monoisotopic (exact) mass is 215 g/mol. The third-order valence-corrected chi connectivity index (χ3v) is 3.21. The van der Waals surface area contributed by atoms with Crippen LogP contribution in [0.25, 0.3) is 0 Å². The van der Waals surface area contributed by atoms with Crippen LogP contribution in [0.5, 0.6) is 0 Å². The van der Waals surface area contributed by atoms with Gasteiger partial charge in [0.15, 0.2) is 0 Å². The molecule has 0 aromatic heterocycles. The molecule has 1 aliphatic heterocycles. The summed E-state index contributed by atoms with van der Waals surface area (Å²) in [4.78, 5) is 4.84. The van der Waals surface area contributed by atoms with E-state index in [-0.39, 0.29) is 5.54 Å². The minimum atomic E-state index is 0.190. The number of hydrogen-bond acceptors (Lipinski definition) is 4. The van der Waals surface area contributed by atoms with Gasteiger partial charge in [0.1, 0.15) is 0 Å². The van der Waals surface area contributed by atoms with E-state index in [2.05, 4.69) is 30.7 Å². The Balaban J connectivity index is 2.67. The lowest BCUT2D eigenvalue weighted by molar-refractivity contribution is -0.0253. The summed E-state index contributed by atoms with van der Waals surface area (Å²) >= 11 is 0. The number of methoxy groups -OCH3 is 1. The van der Waals surface area contributed by atoms with Gasteiger partial charge in [0, 0.05) is 44.9 Å². The first-order valence-corrected chi connectivity index (χ1v) is 5.65. The molecule has 0 saturated carbocycles. The maximum atomic E-state index is 5.84. The van der Waals surface area contributed by atoms with Crippen LogP contribution in [0.3, 0.4) is 0 Å². The molecule has 0 amide bonds. The van der Waals surface area contributed by atoms with Gasteiger partial charge >= 0.3 is 0 Å². The van der Waals surface area contributed by atoms with Crippen molar-refractivity contribution in [1.82, 2.24) is 9.80 Å². The molecule has 1 fully saturated rings. The van der Waals surface area contributed by atoms with Gasteiger partial charge in [-0.2, -0.15) is 0 Å². The van der Waals surface area contributed by atoms with Crippen LogP contribution in [-0.2, 0) is 4.74 Å². The van der Waals surface area contributed by atoms with Gasteiger partial charge in [0.05, 0.1) is 6.61 Å². The van der Waals surface area contributed by atoms with E-state index in [9.17, 15) is 0 Å². The molecule has 0 aliphatic carbocycles. The molecule has 2 N–H and O–H groups in total. The van der Waals surface area contributed by atoms with Crippen LogP contribution >= 0.6 is 0 Å². The van der Waals surface area contributed by atoms with Gasteiger partial charge in [0.25, 0.3) is 0 Å². The lowest BCUT2D eigenvalue weighted by Gasteiger charge is -2.50.